The summed E-state index contributed by atoms with van der Waals surface area (Å²) in [4.78, 5) is 0.265. The topological polar surface area (TPSA) is 57.6 Å². The Kier molecular flexibility index (Phi) is 5.46. The maximum absolute atomic E-state index is 12.8. The second-order valence-electron chi connectivity index (χ2n) is 5.86. The summed E-state index contributed by atoms with van der Waals surface area (Å²) in [5.41, 5.74) is 0.690. The lowest BCUT2D eigenvalue weighted by molar-refractivity contribution is 0.246. The van der Waals surface area contributed by atoms with Crippen molar-refractivity contribution < 1.29 is 13.5 Å². The van der Waals surface area contributed by atoms with Crippen LogP contribution >= 0.6 is 15.9 Å². The van der Waals surface area contributed by atoms with E-state index in [1.807, 2.05) is 0 Å². The first-order chi connectivity index (χ1) is 9.86. The predicted molar refractivity (Wildman–Crippen MR) is 86.4 cm³/mol. The average molecular weight is 376 g/mol. The second kappa shape index (κ2) is 6.77. The maximum atomic E-state index is 12.8. The van der Waals surface area contributed by atoms with Crippen LogP contribution in [0.1, 0.15) is 38.2 Å². The van der Waals surface area contributed by atoms with Gasteiger partial charge in [0.05, 0.1) is 11.5 Å². The molecule has 0 bridgehead atoms. The Balaban J connectivity index is 2.25. The fourth-order valence-electron chi connectivity index (χ4n) is 2.81. The number of sulfonamides is 1. The zero-order chi connectivity index (χ0) is 15.6. The van der Waals surface area contributed by atoms with Gasteiger partial charge in [0.15, 0.2) is 0 Å². The summed E-state index contributed by atoms with van der Waals surface area (Å²) in [6.07, 6.45) is 4.00. The Morgan fingerprint density at radius 3 is 2.43 bits per heavy atom. The first kappa shape index (κ1) is 16.9. The largest absolute Gasteiger partial charge is 0.392 e. The van der Waals surface area contributed by atoms with E-state index in [0.717, 1.165) is 25.7 Å². The molecule has 4 nitrogen and oxygen atoms in total. The molecular weight excluding hydrogens is 354 g/mol. The molecule has 0 unspecified atom stereocenters. The molecule has 0 atom stereocenters. The van der Waals surface area contributed by atoms with Crippen molar-refractivity contribution in [2.45, 2.75) is 50.2 Å². The van der Waals surface area contributed by atoms with E-state index in [2.05, 4.69) is 22.9 Å². The van der Waals surface area contributed by atoms with E-state index in [1.54, 1.807) is 25.2 Å². The Morgan fingerprint density at radius 2 is 1.90 bits per heavy atom. The third-order valence-corrected chi connectivity index (χ3v) is 7.22. The van der Waals surface area contributed by atoms with Crippen LogP contribution in [0.3, 0.4) is 0 Å². The van der Waals surface area contributed by atoms with Gasteiger partial charge >= 0.3 is 0 Å². The SMILES string of the molecule is CC1CCC(N(C)S(=O)(=O)c2ccc(CO)cc2Br)CC1. The number of benzene rings is 1. The number of nitrogens with zero attached hydrogens (tertiary/aromatic N) is 1. The Morgan fingerprint density at radius 1 is 1.29 bits per heavy atom. The molecule has 0 aliphatic heterocycles. The first-order valence-corrected chi connectivity index (χ1v) is 9.47. The minimum absolute atomic E-state index is 0.0793. The van der Waals surface area contributed by atoms with Crippen LogP contribution in [0.15, 0.2) is 27.6 Å². The highest BCUT2D eigenvalue weighted by molar-refractivity contribution is 9.10. The summed E-state index contributed by atoms with van der Waals surface area (Å²) >= 11 is 3.31. The van der Waals surface area contributed by atoms with E-state index in [0.29, 0.717) is 16.0 Å². The molecule has 1 fully saturated rings. The van der Waals surface area contributed by atoms with Gasteiger partial charge in [-0.3, -0.25) is 0 Å². The summed E-state index contributed by atoms with van der Waals surface area (Å²) in [6.45, 7) is 2.12. The van der Waals surface area contributed by atoms with Gasteiger partial charge in [-0.1, -0.05) is 13.0 Å². The van der Waals surface area contributed by atoms with Crippen LogP contribution in [0.4, 0.5) is 0 Å². The van der Waals surface area contributed by atoms with Crippen molar-refractivity contribution in [3.63, 3.8) is 0 Å². The van der Waals surface area contributed by atoms with Crippen molar-refractivity contribution in [3.05, 3.63) is 28.2 Å². The van der Waals surface area contributed by atoms with Crippen LogP contribution in [0, 0.1) is 5.92 Å². The van der Waals surface area contributed by atoms with Crippen LogP contribution in [0.5, 0.6) is 0 Å². The van der Waals surface area contributed by atoms with Gasteiger partial charge in [0.2, 0.25) is 10.0 Å². The quantitative estimate of drug-likeness (QED) is 0.879. The zero-order valence-corrected chi connectivity index (χ0v) is 14.8. The molecule has 0 aromatic heterocycles. The molecule has 118 valence electrons. The third-order valence-electron chi connectivity index (χ3n) is 4.34. The summed E-state index contributed by atoms with van der Waals surface area (Å²) in [6, 6.07) is 4.95. The molecule has 2 rings (SSSR count). The molecule has 1 aromatic carbocycles. The van der Waals surface area contributed by atoms with E-state index >= 15 is 0 Å². The molecule has 0 spiro atoms. The minimum Gasteiger partial charge on any atom is -0.392 e. The normalized spacial score (nSPS) is 23.5. The highest BCUT2D eigenvalue weighted by Gasteiger charge is 2.31. The maximum Gasteiger partial charge on any atom is 0.244 e. The van der Waals surface area contributed by atoms with E-state index in [1.165, 1.54) is 4.31 Å². The summed E-state index contributed by atoms with van der Waals surface area (Å²) in [5.74, 6) is 0.688. The Bertz CT molecular complexity index is 595. The molecule has 0 amide bonds. The Hall–Kier alpha value is -0.430. The van der Waals surface area contributed by atoms with E-state index in [4.69, 9.17) is 5.11 Å². The lowest BCUT2D eigenvalue weighted by Crippen LogP contribution is -2.39. The fraction of sp³-hybridized carbons (Fsp3) is 0.600. The first-order valence-electron chi connectivity index (χ1n) is 7.23. The van der Waals surface area contributed by atoms with E-state index in [9.17, 15) is 8.42 Å². The zero-order valence-electron chi connectivity index (χ0n) is 12.4. The molecule has 6 heteroatoms. The monoisotopic (exact) mass is 375 g/mol. The summed E-state index contributed by atoms with van der Waals surface area (Å²) in [7, 11) is -1.84. The van der Waals surface area contributed by atoms with Crippen molar-refractivity contribution in [2.75, 3.05) is 7.05 Å². The fourth-order valence-corrected chi connectivity index (χ4v) is 5.31. The molecule has 0 saturated heterocycles. The van der Waals surface area contributed by atoms with Gasteiger partial charge < -0.3 is 5.11 Å². The van der Waals surface area contributed by atoms with Gasteiger partial charge in [-0.25, -0.2) is 8.42 Å². The van der Waals surface area contributed by atoms with Crippen LogP contribution < -0.4 is 0 Å². The molecule has 0 radical (unpaired) electrons. The van der Waals surface area contributed by atoms with Gasteiger partial charge in [0, 0.05) is 17.6 Å². The van der Waals surface area contributed by atoms with Gasteiger partial charge in [-0.15, -0.1) is 0 Å². The number of rotatable bonds is 4. The molecule has 0 heterocycles. The van der Waals surface area contributed by atoms with Crippen molar-refractivity contribution in [1.82, 2.24) is 4.31 Å². The number of hydrogen-bond donors (Lipinski definition) is 1. The highest BCUT2D eigenvalue weighted by Crippen LogP contribution is 2.32. The van der Waals surface area contributed by atoms with Crippen LogP contribution in [0.2, 0.25) is 0 Å². The Labute approximate surface area is 135 Å². The number of halogens is 1. The van der Waals surface area contributed by atoms with Crippen LogP contribution in [0.25, 0.3) is 0 Å². The third kappa shape index (κ3) is 3.67. The number of aliphatic hydroxyl groups is 1. The van der Waals surface area contributed by atoms with Gasteiger partial charge in [0.25, 0.3) is 0 Å². The van der Waals surface area contributed by atoms with Crippen molar-refractivity contribution >= 4 is 26.0 Å². The molecule has 1 saturated carbocycles. The minimum atomic E-state index is -3.51. The van der Waals surface area contributed by atoms with Crippen molar-refractivity contribution in [2.24, 2.45) is 5.92 Å². The summed E-state index contributed by atoms with van der Waals surface area (Å²) in [5, 5.41) is 9.11. The lowest BCUT2D eigenvalue weighted by atomic mass is 9.87. The smallest absolute Gasteiger partial charge is 0.244 e. The van der Waals surface area contributed by atoms with Crippen LogP contribution in [-0.4, -0.2) is 30.9 Å². The molecule has 1 aliphatic carbocycles. The van der Waals surface area contributed by atoms with Crippen LogP contribution in [-0.2, 0) is 16.6 Å². The average Bonchev–Trinajstić information content (AvgIpc) is 2.46. The molecule has 1 aliphatic rings. The lowest BCUT2D eigenvalue weighted by Gasteiger charge is -2.33. The molecule has 1 aromatic rings. The van der Waals surface area contributed by atoms with Gasteiger partial charge in [0.1, 0.15) is 0 Å². The molecular formula is C15H22BrNO3S. The standard InChI is InChI=1S/C15H22BrNO3S/c1-11-3-6-13(7-4-11)17(2)21(19,20)15-8-5-12(10-18)9-14(15)16/h5,8-9,11,13,18H,3-4,6-7,10H2,1-2H3. The van der Waals surface area contributed by atoms with Crippen molar-refractivity contribution in [3.8, 4) is 0 Å². The number of hydrogen-bond acceptors (Lipinski definition) is 3. The predicted octanol–water partition coefficient (Wildman–Crippen LogP) is 3.14. The van der Waals surface area contributed by atoms with E-state index < -0.39 is 10.0 Å². The second-order valence-corrected chi connectivity index (χ2v) is 8.68. The number of aliphatic hydroxyl groups excluding tert-OH is 1. The van der Waals surface area contributed by atoms with Crippen molar-refractivity contribution in [1.29, 1.82) is 0 Å². The van der Waals surface area contributed by atoms with Gasteiger partial charge in [-0.2, -0.15) is 4.31 Å². The molecule has 1 N–H and O–H groups in total. The molecule has 21 heavy (non-hydrogen) atoms. The summed E-state index contributed by atoms with van der Waals surface area (Å²) < 4.78 is 27.5. The van der Waals surface area contributed by atoms with E-state index in [-0.39, 0.29) is 17.5 Å². The highest BCUT2D eigenvalue weighted by atomic mass is 79.9. The van der Waals surface area contributed by atoms with Gasteiger partial charge in [-0.05, 0) is 65.2 Å².